The zero-order valence-electron chi connectivity index (χ0n) is 9.44. The average Bonchev–Trinajstić information content (AvgIpc) is 2.76. The van der Waals surface area contributed by atoms with Crippen LogP contribution in [0.2, 0.25) is 0 Å². The monoisotopic (exact) mass is 292 g/mol. The van der Waals surface area contributed by atoms with Gasteiger partial charge in [-0.15, -0.1) is 0 Å². The number of aryl methyl sites for hydroxylation is 1. The van der Waals surface area contributed by atoms with Gasteiger partial charge < -0.3 is 10.3 Å². The molecule has 0 spiro atoms. The molecule has 0 aliphatic heterocycles. The van der Waals surface area contributed by atoms with Crippen molar-refractivity contribution < 1.29 is 0 Å². The number of hydrogen-bond acceptors (Lipinski definition) is 2. The molecule has 0 aliphatic carbocycles. The van der Waals surface area contributed by atoms with Crippen LogP contribution >= 0.6 is 15.9 Å². The fraction of sp³-hybridized carbons (Fsp3) is 0.167. The van der Waals surface area contributed by atoms with Gasteiger partial charge in [-0.1, -0.05) is 22.9 Å². The van der Waals surface area contributed by atoms with Crippen molar-refractivity contribution in [2.24, 2.45) is 5.73 Å². The van der Waals surface area contributed by atoms with E-state index in [1.165, 1.54) is 0 Å². The number of benzene rings is 1. The van der Waals surface area contributed by atoms with Crippen molar-refractivity contribution in [1.29, 1.82) is 5.41 Å². The molecular formula is C12H13BrN4. The third-order valence-electron chi connectivity index (χ3n) is 2.54. The number of halogens is 1. The number of nitrogens with two attached hydrogens (primary N) is 1. The van der Waals surface area contributed by atoms with Gasteiger partial charge >= 0.3 is 0 Å². The molecule has 88 valence electrons. The van der Waals surface area contributed by atoms with Crippen LogP contribution in [0.3, 0.4) is 0 Å². The Kier molecular flexibility index (Phi) is 3.28. The van der Waals surface area contributed by atoms with E-state index in [9.17, 15) is 0 Å². The molecule has 2 aromatic rings. The van der Waals surface area contributed by atoms with Crippen molar-refractivity contribution in [2.75, 3.05) is 0 Å². The van der Waals surface area contributed by atoms with Gasteiger partial charge in [0.1, 0.15) is 11.7 Å². The van der Waals surface area contributed by atoms with Crippen LogP contribution in [0.25, 0.3) is 5.69 Å². The van der Waals surface area contributed by atoms with E-state index in [2.05, 4.69) is 20.9 Å². The lowest BCUT2D eigenvalue weighted by molar-refractivity contribution is 0.889. The first-order valence-electron chi connectivity index (χ1n) is 5.30. The third kappa shape index (κ3) is 2.24. The van der Waals surface area contributed by atoms with Crippen molar-refractivity contribution >= 4 is 21.8 Å². The summed E-state index contributed by atoms with van der Waals surface area (Å²) in [7, 11) is 0. The van der Waals surface area contributed by atoms with Crippen LogP contribution in [0.5, 0.6) is 0 Å². The summed E-state index contributed by atoms with van der Waals surface area (Å²) in [5, 5.41) is 7.61. The Morgan fingerprint density at radius 3 is 2.94 bits per heavy atom. The van der Waals surface area contributed by atoms with Gasteiger partial charge in [0.05, 0.1) is 5.69 Å². The summed E-state index contributed by atoms with van der Waals surface area (Å²) < 4.78 is 2.91. The Hall–Kier alpha value is -1.62. The van der Waals surface area contributed by atoms with Crippen LogP contribution < -0.4 is 5.73 Å². The van der Waals surface area contributed by atoms with E-state index in [-0.39, 0.29) is 5.84 Å². The molecule has 0 saturated carbocycles. The highest BCUT2D eigenvalue weighted by atomic mass is 79.9. The summed E-state index contributed by atoms with van der Waals surface area (Å²) in [4.78, 5) is 4.28. The maximum atomic E-state index is 7.61. The average molecular weight is 293 g/mol. The van der Waals surface area contributed by atoms with Crippen LogP contribution in [0, 0.1) is 5.41 Å². The number of amidine groups is 1. The predicted octanol–water partition coefficient (Wildman–Crippen LogP) is 2.48. The highest BCUT2D eigenvalue weighted by Gasteiger charge is 2.10. The first kappa shape index (κ1) is 11.9. The topological polar surface area (TPSA) is 67.7 Å². The Bertz CT molecular complexity index is 559. The lowest BCUT2D eigenvalue weighted by atomic mass is 10.1. The highest BCUT2D eigenvalue weighted by Crippen LogP contribution is 2.21. The van der Waals surface area contributed by atoms with Gasteiger partial charge in [0, 0.05) is 28.9 Å². The normalized spacial score (nSPS) is 10.5. The number of imidazole rings is 1. The number of nitrogens with zero attached hydrogens (tertiary/aromatic N) is 2. The maximum absolute atomic E-state index is 7.61. The molecule has 1 aromatic heterocycles. The van der Waals surface area contributed by atoms with E-state index in [1.807, 2.05) is 35.9 Å². The van der Waals surface area contributed by atoms with Crippen LogP contribution in [0.1, 0.15) is 18.3 Å². The van der Waals surface area contributed by atoms with Gasteiger partial charge in [0.15, 0.2) is 0 Å². The van der Waals surface area contributed by atoms with E-state index in [1.54, 1.807) is 6.20 Å². The van der Waals surface area contributed by atoms with Crippen LogP contribution in [-0.4, -0.2) is 15.4 Å². The predicted molar refractivity (Wildman–Crippen MR) is 71.7 cm³/mol. The number of rotatable bonds is 3. The van der Waals surface area contributed by atoms with Gasteiger partial charge in [-0.05, 0) is 18.2 Å². The summed E-state index contributed by atoms with van der Waals surface area (Å²) in [6.45, 7) is 2.05. The lowest BCUT2D eigenvalue weighted by Gasteiger charge is -2.12. The van der Waals surface area contributed by atoms with Crippen molar-refractivity contribution in [3.8, 4) is 5.69 Å². The Labute approximate surface area is 108 Å². The summed E-state index contributed by atoms with van der Waals surface area (Å²) in [5.41, 5.74) is 7.18. The molecule has 0 saturated heterocycles. The number of aromatic nitrogens is 2. The van der Waals surface area contributed by atoms with Gasteiger partial charge in [-0.2, -0.15) is 0 Å². The highest BCUT2D eigenvalue weighted by molar-refractivity contribution is 9.10. The minimum absolute atomic E-state index is 0.0586. The second-order valence-corrected chi connectivity index (χ2v) is 4.56. The Morgan fingerprint density at radius 2 is 2.29 bits per heavy atom. The van der Waals surface area contributed by atoms with E-state index >= 15 is 0 Å². The summed E-state index contributed by atoms with van der Waals surface area (Å²) in [5.74, 6) is 1.01. The summed E-state index contributed by atoms with van der Waals surface area (Å²) in [6.07, 6.45) is 4.47. The van der Waals surface area contributed by atoms with E-state index in [4.69, 9.17) is 11.1 Å². The molecule has 0 bridgehead atoms. The first-order valence-corrected chi connectivity index (χ1v) is 6.09. The van der Waals surface area contributed by atoms with Crippen LogP contribution in [-0.2, 0) is 6.42 Å². The van der Waals surface area contributed by atoms with E-state index in [0.717, 1.165) is 22.4 Å². The third-order valence-corrected chi connectivity index (χ3v) is 3.04. The molecule has 0 fully saturated rings. The standard InChI is InChI=1S/C12H13BrN4/c1-2-11-16-5-6-17(11)10-7-8(13)3-4-9(10)12(14)15/h3-7H,2H2,1H3,(H3,14,15). The van der Waals surface area contributed by atoms with E-state index < -0.39 is 0 Å². The minimum atomic E-state index is 0.0586. The molecule has 17 heavy (non-hydrogen) atoms. The molecule has 0 unspecified atom stereocenters. The quantitative estimate of drug-likeness (QED) is 0.674. The molecule has 1 heterocycles. The van der Waals surface area contributed by atoms with Crippen molar-refractivity contribution in [2.45, 2.75) is 13.3 Å². The molecule has 2 rings (SSSR count). The molecule has 0 radical (unpaired) electrons. The number of nitrogens with one attached hydrogen (secondary N) is 1. The molecular weight excluding hydrogens is 280 g/mol. The zero-order chi connectivity index (χ0) is 12.4. The zero-order valence-corrected chi connectivity index (χ0v) is 11.0. The molecule has 0 amide bonds. The van der Waals surface area contributed by atoms with Crippen LogP contribution in [0.15, 0.2) is 35.1 Å². The fourth-order valence-corrected chi connectivity index (χ4v) is 2.10. The SMILES string of the molecule is CCc1nccn1-c1cc(Br)ccc1C(=N)N. The second kappa shape index (κ2) is 4.71. The molecule has 0 aliphatic rings. The molecule has 1 aromatic carbocycles. The van der Waals surface area contributed by atoms with Gasteiger partial charge in [0.25, 0.3) is 0 Å². The number of nitrogen functional groups attached to an aromatic ring is 1. The van der Waals surface area contributed by atoms with Crippen molar-refractivity contribution in [1.82, 2.24) is 9.55 Å². The van der Waals surface area contributed by atoms with Gasteiger partial charge in [-0.25, -0.2) is 4.98 Å². The van der Waals surface area contributed by atoms with Crippen LogP contribution in [0.4, 0.5) is 0 Å². The maximum Gasteiger partial charge on any atom is 0.124 e. The first-order chi connectivity index (χ1) is 8.13. The number of hydrogen-bond donors (Lipinski definition) is 2. The molecule has 5 heteroatoms. The fourth-order valence-electron chi connectivity index (χ4n) is 1.75. The molecule has 4 nitrogen and oxygen atoms in total. The smallest absolute Gasteiger partial charge is 0.124 e. The summed E-state index contributed by atoms with van der Waals surface area (Å²) in [6, 6.07) is 5.65. The van der Waals surface area contributed by atoms with E-state index in [0.29, 0.717) is 5.56 Å². The minimum Gasteiger partial charge on any atom is -0.384 e. The lowest BCUT2D eigenvalue weighted by Crippen LogP contribution is -2.15. The Morgan fingerprint density at radius 1 is 1.53 bits per heavy atom. The summed E-state index contributed by atoms with van der Waals surface area (Å²) >= 11 is 3.43. The van der Waals surface area contributed by atoms with Gasteiger partial charge in [-0.3, -0.25) is 5.41 Å². The van der Waals surface area contributed by atoms with Gasteiger partial charge in [0.2, 0.25) is 0 Å². The van der Waals surface area contributed by atoms with Crippen molar-refractivity contribution in [3.05, 3.63) is 46.5 Å². The second-order valence-electron chi connectivity index (χ2n) is 3.64. The Balaban J connectivity index is 2.65. The molecule has 3 N–H and O–H groups in total. The molecule has 0 atom stereocenters. The van der Waals surface area contributed by atoms with Crippen molar-refractivity contribution in [3.63, 3.8) is 0 Å². The largest absolute Gasteiger partial charge is 0.384 e.